The van der Waals surface area contributed by atoms with E-state index in [9.17, 15) is 5.21 Å². The zero-order chi connectivity index (χ0) is 27.1. The Morgan fingerprint density at radius 3 is 2.41 bits per heavy atom. The molecule has 0 bridgehead atoms. The van der Waals surface area contributed by atoms with Gasteiger partial charge in [0, 0.05) is 34.3 Å². The third-order valence-corrected chi connectivity index (χ3v) is 7.47. The summed E-state index contributed by atoms with van der Waals surface area (Å²) in [5.41, 5.74) is 7.77. The van der Waals surface area contributed by atoms with Gasteiger partial charge in [0.1, 0.15) is 11.8 Å². The van der Waals surface area contributed by atoms with Crippen LogP contribution in [0.1, 0.15) is 43.9 Å². The van der Waals surface area contributed by atoms with Gasteiger partial charge in [-0.15, -0.1) is 0 Å². The molecule has 0 spiro atoms. The van der Waals surface area contributed by atoms with Crippen molar-refractivity contribution in [3.05, 3.63) is 114 Å². The molecular weight excluding hydrogens is 484 g/mol. The van der Waals surface area contributed by atoms with E-state index in [1.54, 1.807) is 19.6 Å². The summed E-state index contributed by atoms with van der Waals surface area (Å²) in [5, 5.41) is 14.3. The molecule has 3 aromatic carbocycles. The van der Waals surface area contributed by atoms with Gasteiger partial charge in [0.05, 0.1) is 18.3 Å². The summed E-state index contributed by atoms with van der Waals surface area (Å²) in [6, 6.07) is 28.3. The largest absolute Gasteiger partial charge is 0.710 e. The van der Waals surface area contributed by atoms with Crippen molar-refractivity contribution in [3.63, 3.8) is 0 Å². The maximum absolute atomic E-state index is 13.3. The van der Waals surface area contributed by atoms with Crippen molar-refractivity contribution in [3.8, 4) is 28.1 Å². The van der Waals surface area contributed by atoms with Crippen LogP contribution in [0, 0.1) is 5.21 Å². The highest BCUT2D eigenvalue weighted by Gasteiger charge is 2.25. The molecule has 0 fully saturated rings. The molecule has 3 aromatic heterocycles. The van der Waals surface area contributed by atoms with E-state index < -0.39 is 0 Å². The van der Waals surface area contributed by atoms with Gasteiger partial charge in [0.15, 0.2) is 5.52 Å². The van der Waals surface area contributed by atoms with E-state index in [1.165, 1.54) is 5.56 Å². The number of rotatable bonds is 6. The molecule has 0 saturated heterocycles. The van der Waals surface area contributed by atoms with Crippen LogP contribution in [0.15, 0.2) is 97.5 Å². The zero-order valence-electron chi connectivity index (χ0n) is 22.5. The molecule has 0 saturated carbocycles. The molecule has 194 valence electrons. The van der Waals surface area contributed by atoms with E-state index in [-0.39, 0.29) is 6.04 Å². The first-order valence-electron chi connectivity index (χ1n) is 13.2. The van der Waals surface area contributed by atoms with E-state index in [2.05, 4.69) is 62.2 Å². The van der Waals surface area contributed by atoms with Crippen molar-refractivity contribution in [2.75, 3.05) is 7.11 Å². The molecule has 0 aliphatic heterocycles. The minimum absolute atomic E-state index is 0.0805. The fourth-order valence-corrected chi connectivity index (χ4v) is 5.27. The van der Waals surface area contributed by atoms with Crippen molar-refractivity contribution >= 4 is 22.1 Å². The summed E-state index contributed by atoms with van der Waals surface area (Å²) in [5.74, 6) is 1.06. The number of pyridine rings is 2. The predicted molar refractivity (Wildman–Crippen MR) is 156 cm³/mol. The van der Waals surface area contributed by atoms with Gasteiger partial charge in [-0.1, -0.05) is 68.4 Å². The van der Waals surface area contributed by atoms with Crippen molar-refractivity contribution in [2.45, 2.75) is 32.7 Å². The van der Waals surface area contributed by atoms with E-state index >= 15 is 0 Å². The van der Waals surface area contributed by atoms with Gasteiger partial charge in [-0.3, -0.25) is 4.98 Å². The average Bonchev–Trinajstić information content (AvgIpc) is 3.31. The van der Waals surface area contributed by atoms with Crippen molar-refractivity contribution in [1.82, 2.24) is 14.5 Å². The number of benzene rings is 3. The minimum atomic E-state index is -0.0805. The molecule has 0 N–H and O–H groups in total. The van der Waals surface area contributed by atoms with E-state index in [0.717, 1.165) is 49.3 Å². The number of methoxy groups -OCH3 is 1. The lowest BCUT2D eigenvalue weighted by Crippen LogP contribution is -2.23. The molecule has 6 aromatic rings. The topological polar surface area (TPSA) is 66.9 Å². The first kappa shape index (κ1) is 24.6. The van der Waals surface area contributed by atoms with E-state index in [4.69, 9.17) is 9.72 Å². The standard InChI is InChI=1S/C33H30N4O2/c1-21(2)24-15-16-31(39-4)27(18-24)28-19-30-33(36(20-37(30)38)22(3)23-10-6-5-7-11-23)35-32(28)26-12-8-14-29-25(26)13-9-17-34-29/h5-22H,1-4H3. The molecule has 6 heteroatoms. The number of hydrogen-bond acceptors (Lipinski definition) is 4. The second kappa shape index (κ2) is 9.87. The van der Waals surface area contributed by atoms with E-state index in [1.807, 2.05) is 53.1 Å². The Morgan fingerprint density at radius 2 is 1.64 bits per heavy atom. The van der Waals surface area contributed by atoms with Crippen LogP contribution in [0.4, 0.5) is 0 Å². The number of hydrogen-bond donors (Lipinski definition) is 0. The van der Waals surface area contributed by atoms with Crippen LogP contribution in [-0.2, 0) is 0 Å². The Hall–Kier alpha value is -4.71. The van der Waals surface area contributed by atoms with E-state index in [0.29, 0.717) is 17.1 Å². The monoisotopic (exact) mass is 514 g/mol. The van der Waals surface area contributed by atoms with Crippen LogP contribution in [0.5, 0.6) is 5.75 Å². The Kier molecular flexibility index (Phi) is 6.23. The highest BCUT2D eigenvalue weighted by molar-refractivity contribution is 6.00. The molecule has 0 radical (unpaired) electrons. The molecule has 3 heterocycles. The lowest BCUT2D eigenvalue weighted by atomic mass is 9.92. The molecule has 1 unspecified atom stereocenters. The Morgan fingerprint density at radius 1 is 0.821 bits per heavy atom. The minimum Gasteiger partial charge on any atom is -0.710 e. The smallest absolute Gasteiger partial charge is 0.270 e. The summed E-state index contributed by atoms with van der Waals surface area (Å²) in [7, 11) is 1.67. The van der Waals surface area contributed by atoms with Gasteiger partial charge in [0.25, 0.3) is 5.65 Å². The first-order valence-corrected chi connectivity index (χ1v) is 13.2. The normalized spacial score (nSPS) is 12.3. The SMILES string of the molecule is COc1ccc(C(C)C)cc1-c1cc2c(nc1-c1cccc3ncccc13)n(C(C)c1ccccc1)c[n+]2[O-]. The van der Waals surface area contributed by atoms with Gasteiger partial charge in [-0.2, -0.15) is 0 Å². The van der Waals surface area contributed by atoms with Gasteiger partial charge in [0.2, 0.25) is 6.33 Å². The fraction of sp³-hybridized carbons (Fsp3) is 0.182. The summed E-state index contributed by atoms with van der Waals surface area (Å²) in [4.78, 5) is 9.83. The number of nitrogens with zero attached hydrogens (tertiary/aromatic N) is 4. The molecule has 6 nitrogen and oxygen atoms in total. The maximum atomic E-state index is 13.3. The average molecular weight is 515 g/mol. The molecule has 0 aliphatic carbocycles. The summed E-state index contributed by atoms with van der Waals surface area (Å²) in [6.07, 6.45) is 3.39. The van der Waals surface area contributed by atoms with Crippen LogP contribution in [0.2, 0.25) is 0 Å². The Bertz CT molecular complexity index is 1800. The van der Waals surface area contributed by atoms with Crippen LogP contribution in [-0.4, -0.2) is 21.6 Å². The van der Waals surface area contributed by atoms with Crippen LogP contribution < -0.4 is 9.47 Å². The lowest BCUT2D eigenvalue weighted by molar-refractivity contribution is -0.578. The molecule has 6 rings (SSSR count). The summed E-state index contributed by atoms with van der Waals surface area (Å²) >= 11 is 0. The third kappa shape index (κ3) is 4.28. The highest BCUT2D eigenvalue weighted by atomic mass is 16.5. The molecule has 0 aliphatic rings. The fourth-order valence-electron chi connectivity index (χ4n) is 5.27. The van der Waals surface area contributed by atoms with Crippen LogP contribution >= 0.6 is 0 Å². The first-order chi connectivity index (χ1) is 19.0. The number of fused-ring (bicyclic) bond motifs is 2. The van der Waals surface area contributed by atoms with Crippen LogP contribution in [0.3, 0.4) is 0 Å². The summed E-state index contributed by atoms with van der Waals surface area (Å²) in [6.45, 7) is 6.42. The number of imidazole rings is 1. The maximum Gasteiger partial charge on any atom is 0.270 e. The van der Waals surface area contributed by atoms with Gasteiger partial charge >= 0.3 is 0 Å². The number of ether oxygens (including phenoxy) is 1. The highest BCUT2D eigenvalue weighted by Crippen LogP contribution is 2.41. The van der Waals surface area contributed by atoms with Crippen LogP contribution in [0.25, 0.3) is 44.5 Å². The van der Waals surface area contributed by atoms with Gasteiger partial charge < -0.3 is 9.94 Å². The molecule has 1 atom stereocenters. The second-order valence-corrected chi connectivity index (χ2v) is 10.2. The number of aromatic nitrogens is 4. The van der Waals surface area contributed by atoms with Gasteiger partial charge in [-0.05, 0) is 48.2 Å². The van der Waals surface area contributed by atoms with Crippen molar-refractivity contribution < 1.29 is 9.47 Å². The lowest BCUT2D eigenvalue weighted by Gasteiger charge is -2.17. The predicted octanol–water partition coefficient (Wildman–Crippen LogP) is 7.29. The quantitative estimate of drug-likeness (QED) is 0.173. The van der Waals surface area contributed by atoms with Crippen molar-refractivity contribution in [1.29, 1.82) is 0 Å². The molecule has 0 amide bonds. The second-order valence-electron chi connectivity index (χ2n) is 10.2. The Balaban J connectivity index is 1.69. The zero-order valence-corrected chi connectivity index (χ0v) is 22.5. The van der Waals surface area contributed by atoms with Gasteiger partial charge in [-0.25, -0.2) is 14.3 Å². The molecular formula is C33H30N4O2. The Labute approximate surface area is 227 Å². The molecule has 39 heavy (non-hydrogen) atoms. The summed E-state index contributed by atoms with van der Waals surface area (Å²) < 4.78 is 8.70. The third-order valence-electron chi connectivity index (χ3n) is 7.47. The van der Waals surface area contributed by atoms with Crippen molar-refractivity contribution in [2.24, 2.45) is 0 Å².